The summed E-state index contributed by atoms with van der Waals surface area (Å²) >= 11 is 0. The molecule has 0 atom stereocenters. The second-order valence-electron chi connectivity index (χ2n) is 3.63. The second-order valence-corrected chi connectivity index (χ2v) is 5.28. The van der Waals surface area contributed by atoms with Crippen LogP contribution in [0.2, 0.25) is 0 Å². The van der Waals surface area contributed by atoms with Crippen LogP contribution in [0.15, 0.2) is 11.2 Å². The molecule has 6 nitrogen and oxygen atoms in total. The molecule has 1 aromatic heterocycles. The van der Waals surface area contributed by atoms with Gasteiger partial charge in [-0.3, -0.25) is 5.10 Å². The van der Waals surface area contributed by atoms with Gasteiger partial charge < -0.3 is 5.11 Å². The van der Waals surface area contributed by atoms with E-state index in [1.807, 2.05) is 0 Å². The Hall–Kier alpha value is -0.920. The first-order valence-corrected chi connectivity index (χ1v) is 6.27. The molecular formula is C8H13N3O3S. The minimum atomic E-state index is -3.55. The summed E-state index contributed by atoms with van der Waals surface area (Å²) < 4.78 is 26.1. The normalized spacial score (nSPS) is 17.7. The van der Waals surface area contributed by atoms with E-state index in [4.69, 9.17) is 5.11 Å². The quantitative estimate of drug-likeness (QED) is 0.665. The Bertz CT molecular complexity index is 436. The molecule has 0 saturated heterocycles. The van der Waals surface area contributed by atoms with Gasteiger partial charge in [-0.05, 0) is 12.8 Å². The Kier molecular flexibility index (Phi) is 2.76. The van der Waals surface area contributed by atoms with Crippen molar-refractivity contribution in [2.75, 3.05) is 0 Å². The molecule has 7 heteroatoms. The molecule has 84 valence electrons. The molecule has 1 fully saturated rings. The van der Waals surface area contributed by atoms with Crippen molar-refractivity contribution in [2.45, 2.75) is 36.9 Å². The lowest BCUT2D eigenvalue weighted by Gasteiger charge is -2.25. The van der Waals surface area contributed by atoms with Crippen molar-refractivity contribution in [3.05, 3.63) is 11.8 Å². The number of aromatic amines is 1. The van der Waals surface area contributed by atoms with E-state index in [-0.39, 0.29) is 17.7 Å². The van der Waals surface area contributed by atoms with Gasteiger partial charge in [0, 0.05) is 11.6 Å². The molecule has 0 bridgehead atoms. The third-order valence-corrected chi connectivity index (χ3v) is 4.08. The highest BCUT2D eigenvalue weighted by atomic mass is 32.2. The lowest BCUT2D eigenvalue weighted by atomic mass is 9.94. The molecule has 15 heavy (non-hydrogen) atoms. The summed E-state index contributed by atoms with van der Waals surface area (Å²) in [4.78, 5) is 0. The monoisotopic (exact) mass is 231 g/mol. The molecular weight excluding hydrogens is 218 g/mol. The van der Waals surface area contributed by atoms with Gasteiger partial charge in [0.2, 0.25) is 0 Å². The molecule has 3 N–H and O–H groups in total. The van der Waals surface area contributed by atoms with E-state index in [0.717, 1.165) is 19.3 Å². The first-order chi connectivity index (χ1) is 7.13. The fourth-order valence-electron chi connectivity index (χ4n) is 1.45. The minimum absolute atomic E-state index is 0.0306. The summed E-state index contributed by atoms with van der Waals surface area (Å²) in [7, 11) is -3.55. The van der Waals surface area contributed by atoms with Gasteiger partial charge in [-0.25, -0.2) is 13.1 Å². The zero-order chi connectivity index (χ0) is 10.9. The molecule has 0 aromatic carbocycles. The van der Waals surface area contributed by atoms with E-state index >= 15 is 0 Å². The van der Waals surface area contributed by atoms with Crippen LogP contribution in [0.5, 0.6) is 0 Å². The van der Waals surface area contributed by atoms with Crippen molar-refractivity contribution < 1.29 is 13.5 Å². The number of hydrogen-bond donors (Lipinski definition) is 3. The maximum Gasteiger partial charge on any atom is 0.258 e. The Morgan fingerprint density at radius 1 is 1.60 bits per heavy atom. The first-order valence-electron chi connectivity index (χ1n) is 4.79. The summed E-state index contributed by atoms with van der Waals surface area (Å²) in [5, 5.41) is 14.9. The van der Waals surface area contributed by atoms with Gasteiger partial charge in [-0.2, -0.15) is 5.10 Å². The van der Waals surface area contributed by atoms with Crippen LogP contribution in [0.25, 0.3) is 0 Å². The van der Waals surface area contributed by atoms with Gasteiger partial charge in [-0.1, -0.05) is 6.42 Å². The number of aliphatic hydroxyl groups is 1. The third-order valence-electron chi connectivity index (χ3n) is 2.54. The molecule has 0 spiro atoms. The number of nitrogens with zero attached hydrogens (tertiary/aromatic N) is 1. The number of sulfonamides is 1. The molecule has 2 rings (SSSR count). The van der Waals surface area contributed by atoms with Gasteiger partial charge in [0.15, 0.2) is 5.03 Å². The van der Waals surface area contributed by atoms with Crippen LogP contribution in [0, 0.1) is 0 Å². The predicted molar refractivity (Wildman–Crippen MR) is 52.5 cm³/mol. The van der Waals surface area contributed by atoms with Crippen LogP contribution in [0.3, 0.4) is 0 Å². The molecule has 1 saturated carbocycles. The zero-order valence-electron chi connectivity index (χ0n) is 8.10. The Morgan fingerprint density at radius 2 is 2.33 bits per heavy atom. The van der Waals surface area contributed by atoms with Gasteiger partial charge in [-0.15, -0.1) is 0 Å². The van der Waals surface area contributed by atoms with Crippen molar-refractivity contribution in [3.63, 3.8) is 0 Å². The highest BCUT2D eigenvalue weighted by molar-refractivity contribution is 7.89. The fraction of sp³-hybridized carbons (Fsp3) is 0.625. The average molecular weight is 231 g/mol. The number of H-pyrrole nitrogens is 1. The SMILES string of the molecule is O=S(=O)(NC1CCC1)c1[nH]ncc1CO. The van der Waals surface area contributed by atoms with Crippen LogP contribution in [0.4, 0.5) is 0 Å². The predicted octanol–water partition coefficient (Wildman–Crippen LogP) is -0.267. The first kappa shape index (κ1) is 10.6. The number of aromatic nitrogens is 2. The van der Waals surface area contributed by atoms with Gasteiger partial charge in [0.1, 0.15) is 0 Å². The highest BCUT2D eigenvalue weighted by Gasteiger charge is 2.27. The van der Waals surface area contributed by atoms with Crippen LogP contribution >= 0.6 is 0 Å². The van der Waals surface area contributed by atoms with Crippen molar-refractivity contribution in [1.82, 2.24) is 14.9 Å². The van der Waals surface area contributed by atoms with Crippen molar-refractivity contribution in [2.24, 2.45) is 0 Å². The molecule has 1 heterocycles. The van der Waals surface area contributed by atoms with E-state index in [1.165, 1.54) is 6.20 Å². The average Bonchev–Trinajstić information content (AvgIpc) is 2.60. The van der Waals surface area contributed by atoms with Gasteiger partial charge in [0.25, 0.3) is 10.0 Å². The standard InChI is InChI=1S/C8H13N3O3S/c12-5-6-4-9-10-8(6)15(13,14)11-7-2-1-3-7/h4,7,11-12H,1-3,5H2,(H,9,10). The van der Waals surface area contributed by atoms with Crippen molar-refractivity contribution in [1.29, 1.82) is 0 Å². The van der Waals surface area contributed by atoms with Crippen LogP contribution in [-0.2, 0) is 16.6 Å². The Labute approximate surface area is 87.8 Å². The molecule has 0 unspecified atom stereocenters. The fourth-order valence-corrected chi connectivity index (χ4v) is 2.88. The Morgan fingerprint density at radius 3 is 2.87 bits per heavy atom. The second kappa shape index (κ2) is 3.92. The molecule has 1 aliphatic carbocycles. The molecule has 0 amide bonds. The van der Waals surface area contributed by atoms with Crippen LogP contribution in [0.1, 0.15) is 24.8 Å². The molecule has 0 aliphatic heterocycles. The molecule has 0 radical (unpaired) electrons. The number of nitrogens with one attached hydrogen (secondary N) is 2. The highest BCUT2D eigenvalue weighted by Crippen LogP contribution is 2.21. The van der Waals surface area contributed by atoms with Crippen LogP contribution < -0.4 is 4.72 Å². The summed E-state index contributed by atoms with van der Waals surface area (Å²) in [5.41, 5.74) is 0.293. The van der Waals surface area contributed by atoms with E-state index in [0.29, 0.717) is 5.56 Å². The number of aliphatic hydroxyl groups excluding tert-OH is 1. The minimum Gasteiger partial charge on any atom is -0.392 e. The maximum atomic E-state index is 11.8. The number of rotatable bonds is 4. The third kappa shape index (κ3) is 2.04. The summed E-state index contributed by atoms with van der Waals surface area (Å²) in [6.45, 7) is -0.336. The van der Waals surface area contributed by atoms with E-state index in [1.54, 1.807) is 0 Å². The maximum absolute atomic E-state index is 11.8. The molecule has 1 aliphatic rings. The van der Waals surface area contributed by atoms with Gasteiger partial charge >= 0.3 is 0 Å². The lowest BCUT2D eigenvalue weighted by Crippen LogP contribution is -2.39. The Balaban J connectivity index is 2.20. The van der Waals surface area contributed by atoms with E-state index < -0.39 is 10.0 Å². The number of hydrogen-bond acceptors (Lipinski definition) is 4. The van der Waals surface area contributed by atoms with Crippen LogP contribution in [-0.4, -0.2) is 29.8 Å². The van der Waals surface area contributed by atoms with Crippen molar-refractivity contribution >= 4 is 10.0 Å². The summed E-state index contributed by atoms with van der Waals surface area (Å²) in [5.74, 6) is 0. The lowest BCUT2D eigenvalue weighted by molar-refractivity contribution is 0.278. The van der Waals surface area contributed by atoms with Gasteiger partial charge in [0.05, 0.1) is 12.8 Å². The zero-order valence-corrected chi connectivity index (χ0v) is 8.92. The van der Waals surface area contributed by atoms with E-state index in [2.05, 4.69) is 14.9 Å². The van der Waals surface area contributed by atoms with Crippen molar-refractivity contribution in [3.8, 4) is 0 Å². The molecule has 1 aromatic rings. The summed E-state index contributed by atoms with van der Waals surface area (Å²) in [6.07, 6.45) is 4.13. The summed E-state index contributed by atoms with van der Waals surface area (Å²) in [6, 6.07) is 0.0323. The topological polar surface area (TPSA) is 95.1 Å². The van der Waals surface area contributed by atoms with E-state index in [9.17, 15) is 8.42 Å². The largest absolute Gasteiger partial charge is 0.392 e. The smallest absolute Gasteiger partial charge is 0.258 e.